The Kier molecular flexibility index (Phi) is 3.75. The van der Waals surface area contributed by atoms with Crippen LogP contribution in [0.25, 0.3) is 0 Å². The second-order valence-electron chi connectivity index (χ2n) is 4.36. The van der Waals surface area contributed by atoms with E-state index >= 15 is 0 Å². The molecule has 1 heterocycles. The van der Waals surface area contributed by atoms with Crippen LogP contribution in [0.4, 0.5) is 0 Å². The third-order valence-corrected chi connectivity index (χ3v) is 5.66. The molecule has 0 spiro atoms. The molecule has 1 N–H and O–H groups in total. The largest absolute Gasteiger partial charge is 0.310 e. The molecule has 1 nitrogen and oxygen atoms in total. The van der Waals surface area contributed by atoms with E-state index in [1.807, 2.05) is 23.1 Å². The molecule has 0 unspecified atom stereocenters. The lowest BCUT2D eigenvalue weighted by atomic mass is 9.84. The monoisotopic (exact) mass is 241 g/mol. The molecule has 0 atom stereocenters. The maximum absolute atomic E-state index is 3.60. The van der Waals surface area contributed by atoms with Gasteiger partial charge in [-0.2, -0.15) is 11.8 Å². The molecule has 0 aliphatic heterocycles. The summed E-state index contributed by atoms with van der Waals surface area (Å²) in [5.74, 6) is 0. The Morgan fingerprint density at radius 3 is 2.73 bits per heavy atom. The zero-order valence-corrected chi connectivity index (χ0v) is 11.1. The third-order valence-electron chi connectivity index (χ3n) is 3.24. The Hall–Kier alpha value is 0.01000. The van der Waals surface area contributed by atoms with Crippen LogP contribution in [0.1, 0.15) is 29.0 Å². The van der Waals surface area contributed by atoms with Gasteiger partial charge in [0.05, 0.1) is 0 Å². The molecule has 1 aliphatic rings. The van der Waals surface area contributed by atoms with Gasteiger partial charge in [0.2, 0.25) is 0 Å². The summed E-state index contributed by atoms with van der Waals surface area (Å²) in [5.41, 5.74) is 0. The summed E-state index contributed by atoms with van der Waals surface area (Å²) in [6.45, 7) is 4.38. The molecule has 15 heavy (non-hydrogen) atoms. The van der Waals surface area contributed by atoms with Crippen LogP contribution < -0.4 is 5.32 Å². The van der Waals surface area contributed by atoms with Crippen molar-refractivity contribution in [3.8, 4) is 0 Å². The smallest absolute Gasteiger partial charge is 0.0300 e. The third kappa shape index (κ3) is 2.77. The molecule has 1 aromatic rings. The van der Waals surface area contributed by atoms with Gasteiger partial charge >= 0.3 is 0 Å². The predicted octanol–water partition coefficient (Wildman–Crippen LogP) is 3.43. The van der Waals surface area contributed by atoms with Gasteiger partial charge in [0.25, 0.3) is 0 Å². The summed E-state index contributed by atoms with van der Waals surface area (Å²) in [6, 6.07) is 4.44. The van der Waals surface area contributed by atoms with Gasteiger partial charge in [-0.1, -0.05) is 6.42 Å². The minimum Gasteiger partial charge on any atom is -0.310 e. The zero-order valence-electron chi connectivity index (χ0n) is 9.51. The van der Waals surface area contributed by atoms with Crippen molar-refractivity contribution in [1.82, 2.24) is 5.32 Å². The van der Waals surface area contributed by atoms with E-state index in [0.717, 1.165) is 6.54 Å². The number of hydrogen-bond donors (Lipinski definition) is 1. The Labute approximate surface area is 101 Å². The molecule has 0 bridgehead atoms. The lowest BCUT2D eigenvalue weighted by molar-refractivity contribution is 0.346. The molecule has 3 heteroatoms. The van der Waals surface area contributed by atoms with Crippen molar-refractivity contribution in [2.24, 2.45) is 0 Å². The molecular weight excluding hydrogens is 222 g/mol. The summed E-state index contributed by atoms with van der Waals surface area (Å²) >= 11 is 3.94. The highest BCUT2D eigenvalue weighted by Gasteiger charge is 2.35. The van der Waals surface area contributed by atoms with Crippen molar-refractivity contribution in [3.05, 3.63) is 21.9 Å². The molecule has 1 aliphatic carbocycles. The van der Waals surface area contributed by atoms with Gasteiger partial charge in [-0.15, -0.1) is 11.3 Å². The zero-order chi connectivity index (χ0) is 10.7. The van der Waals surface area contributed by atoms with Gasteiger partial charge in [-0.25, -0.2) is 0 Å². The van der Waals surface area contributed by atoms with Crippen LogP contribution in [0.5, 0.6) is 0 Å². The van der Waals surface area contributed by atoms with E-state index < -0.39 is 0 Å². The van der Waals surface area contributed by atoms with E-state index in [1.165, 1.54) is 35.6 Å². The van der Waals surface area contributed by atoms with E-state index in [1.54, 1.807) is 0 Å². The van der Waals surface area contributed by atoms with E-state index in [-0.39, 0.29) is 0 Å². The first-order valence-electron chi connectivity index (χ1n) is 5.55. The first-order chi connectivity index (χ1) is 7.24. The molecular formula is C12H19NS2. The highest BCUT2D eigenvalue weighted by atomic mass is 32.2. The van der Waals surface area contributed by atoms with Crippen LogP contribution in [0.2, 0.25) is 0 Å². The van der Waals surface area contributed by atoms with E-state index in [0.29, 0.717) is 4.75 Å². The fourth-order valence-electron chi connectivity index (χ4n) is 2.02. The van der Waals surface area contributed by atoms with Crippen molar-refractivity contribution >= 4 is 23.1 Å². The molecule has 0 radical (unpaired) electrons. The molecule has 0 aromatic carbocycles. The Bertz CT molecular complexity index is 310. The van der Waals surface area contributed by atoms with Crippen molar-refractivity contribution in [3.63, 3.8) is 0 Å². The van der Waals surface area contributed by atoms with Crippen molar-refractivity contribution < 1.29 is 0 Å². The number of nitrogens with one attached hydrogen (secondary N) is 1. The van der Waals surface area contributed by atoms with Crippen molar-refractivity contribution in [1.29, 1.82) is 0 Å². The quantitative estimate of drug-likeness (QED) is 0.847. The first-order valence-corrected chi connectivity index (χ1v) is 7.59. The van der Waals surface area contributed by atoms with Gasteiger partial charge in [0.15, 0.2) is 0 Å². The van der Waals surface area contributed by atoms with Crippen LogP contribution >= 0.6 is 23.1 Å². The van der Waals surface area contributed by atoms with Gasteiger partial charge in [0, 0.05) is 27.6 Å². The molecule has 84 valence electrons. The molecule has 0 amide bonds. The number of rotatable bonds is 5. The molecule has 2 rings (SSSR count). The predicted molar refractivity (Wildman–Crippen MR) is 70.9 cm³/mol. The molecule has 1 fully saturated rings. The number of thioether (sulfide) groups is 1. The maximum atomic E-state index is 3.60. The van der Waals surface area contributed by atoms with Crippen LogP contribution in [-0.2, 0) is 6.54 Å². The topological polar surface area (TPSA) is 12.0 Å². The summed E-state index contributed by atoms with van der Waals surface area (Å²) < 4.78 is 0.562. The number of aryl methyl sites for hydroxylation is 1. The summed E-state index contributed by atoms with van der Waals surface area (Å²) in [5, 5.41) is 3.60. The molecule has 1 aromatic heterocycles. The second kappa shape index (κ2) is 4.89. The van der Waals surface area contributed by atoms with Gasteiger partial charge in [-0.05, 0) is 38.2 Å². The van der Waals surface area contributed by atoms with Gasteiger partial charge < -0.3 is 5.32 Å². The van der Waals surface area contributed by atoms with Crippen LogP contribution in [0, 0.1) is 6.92 Å². The Balaban J connectivity index is 1.74. The fourth-order valence-corrected chi connectivity index (χ4v) is 3.82. The van der Waals surface area contributed by atoms with E-state index in [4.69, 9.17) is 0 Å². The van der Waals surface area contributed by atoms with E-state index in [2.05, 4.69) is 30.6 Å². The minimum atomic E-state index is 0.562. The first kappa shape index (κ1) is 11.5. The average Bonchev–Trinajstić information content (AvgIpc) is 2.56. The summed E-state index contributed by atoms with van der Waals surface area (Å²) in [4.78, 5) is 2.87. The van der Waals surface area contributed by atoms with Crippen molar-refractivity contribution in [2.45, 2.75) is 37.5 Å². The molecule has 1 saturated carbocycles. The van der Waals surface area contributed by atoms with Crippen molar-refractivity contribution in [2.75, 3.05) is 12.8 Å². The lowest BCUT2D eigenvalue weighted by Gasteiger charge is -2.40. The minimum absolute atomic E-state index is 0.562. The highest BCUT2D eigenvalue weighted by molar-refractivity contribution is 8.00. The maximum Gasteiger partial charge on any atom is 0.0300 e. The van der Waals surface area contributed by atoms with Crippen LogP contribution in [-0.4, -0.2) is 17.5 Å². The summed E-state index contributed by atoms with van der Waals surface area (Å²) in [6.07, 6.45) is 6.45. The molecule has 0 saturated heterocycles. The Morgan fingerprint density at radius 2 is 2.27 bits per heavy atom. The Morgan fingerprint density at radius 1 is 1.47 bits per heavy atom. The average molecular weight is 241 g/mol. The number of hydrogen-bond acceptors (Lipinski definition) is 3. The van der Waals surface area contributed by atoms with Gasteiger partial charge in [-0.3, -0.25) is 0 Å². The van der Waals surface area contributed by atoms with E-state index in [9.17, 15) is 0 Å². The fraction of sp³-hybridized carbons (Fsp3) is 0.667. The van der Waals surface area contributed by atoms with Crippen LogP contribution in [0.15, 0.2) is 12.1 Å². The van der Waals surface area contributed by atoms with Crippen LogP contribution in [0.3, 0.4) is 0 Å². The number of thiophene rings is 1. The SMILES string of the molecule is CSC1(CNCc2ccc(C)s2)CCC1. The highest BCUT2D eigenvalue weighted by Crippen LogP contribution is 2.42. The second-order valence-corrected chi connectivity index (χ2v) is 7.00. The summed E-state index contributed by atoms with van der Waals surface area (Å²) in [7, 11) is 0. The standard InChI is InChI=1S/C12H19NS2/c1-10-4-5-11(15-10)8-13-9-12(14-2)6-3-7-12/h4-5,13H,3,6-9H2,1-2H3. The lowest BCUT2D eigenvalue weighted by Crippen LogP contribution is -2.43. The normalized spacial score (nSPS) is 18.8. The van der Waals surface area contributed by atoms with Gasteiger partial charge in [0.1, 0.15) is 0 Å².